The number of rotatable bonds is 8. The molecule has 0 aliphatic heterocycles. The molecule has 0 aliphatic carbocycles. The van der Waals surface area contributed by atoms with Crippen LogP contribution in [0.4, 0.5) is 4.79 Å². The third-order valence-electron chi connectivity index (χ3n) is 4.95. The first-order valence-electron chi connectivity index (χ1n) is 10.5. The summed E-state index contributed by atoms with van der Waals surface area (Å²) in [5, 5.41) is 20.8. The standard InChI is InChI=1S/C23H34N2O5/c1-7-8-11-30-20-18-12-16(26)9-10-17(18)21(27)24(13-15(2)3)19(20)14-25(22(28)29)23(4,5)6/h9-10,12,15,26H,7-8,11,13-14H2,1-6H3,(H,28,29). The van der Waals surface area contributed by atoms with Gasteiger partial charge in [0.2, 0.25) is 0 Å². The molecule has 30 heavy (non-hydrogen) atoms. The van der Waals surface area contributed by atoms with Gasteiger partial charge >= 0.3 is 6.09 Å². The second-order valence-corrected chi connectivity index (χ2v) is 9.06. The predicted molar refractivity (Wildman–Crippen MR) is 118 cm³/mol. The molecule has 2 N–H and O–H groups in total. The average molecular weight is 419 g/mol. The molecule has 0 radical (unpaired) electrons. The number of fused-ring (bicyclic) bond motifs is 1. The number of amides is 1. The van der Waals surface area contributed by atoms with Gasteiger partial charge in [-0.1, -0.05) is 27.2 Å². The van der Waals surface area contributed by atoms with Crippen molar-refractivity contribution in [3.8, 4) is 11.5 Å². The molecule has 0 bridgehead atoms. The van der Waals surface area contributed by atoms with Crippen LogP contribution in [0.5, 0.6) is 11.5 Å². The zero-order valence-electron chi connectivity index (χ0n) is 18.9. The molecule has 7 heteroatoms. The number of phenolic OH excluding ortho intramolecular Hbond substituents is 1. The molecule has 0 atom stereocenters. The van der Waals surface area contributed by atoms with Gasteiger partial charge in [0.15, 0.2) is 0 Å². The lowest BCUT2D eigenvalue weighted by Crippen LogP contribution is -2.45. The largest absolute Gasteiger partial charge is 0.508 e. The Morgan fingerprint density at radius 3 is 2.43 bits per heavy atom. The molecule has 1 heterocycles. The van der Waals surface area contributed by atoms with E-state index in [9.17, 15) is 19.8 Å². The summed E-state index contributed by atoms with van der Waals surface area (Å²) in [6.45, 7) is 12.4. The van der Waals surface area contributed by atoms with Crippen molar-refractivity contribution in [2.45, 2.75) is 73.0 Å². The molecule has 0 aliphatic rings. The van der Waals surface area contributed by atoms with E-state index in [1.54, 1.807) is 10.6 Å². The lowest BCUT2D eigenvalue weighted by atomic mass is 10.0. The van der Waals surface area contributed by atoms with Crippen LogP contribution in [0.25, 0.3) is 10.8 Å². The highest BCUT2D eigenvalue weighted by Gasteiger charge is 2.30. The maximum Gasteiger partial charge on any atom is 0.408 e. The Morgan fingerprint density at radius 2 is 1.90 bits per heavy atom. The SMILES string of the molecule is CCCCOc1c(CN(C(=O)O)C(C)(C)C)n(CC(C)C)c(=O)c2ccc(O)cc12. The average Bonchev–Trinajstić information content (AvgIpc) is 2.62. The summed E-state index contributed by atoms with van der Waals surface area (Å²) in [5.74, 6) is 0.665. The van der Waals surface area contributed by atoms with Gasteiger partial charge in [-0.3, -0.25) is 9.69 Å². The third kappa shape index (κ3) is 5.26. The van der Waals surface area contributed by atoms with Crippen LogP contribution in [-0.2, 0) is 13.1 Å². The van der Waals surface area contributed by atoms with Gasteiger partial charge in [-0.2, -0.15) is 0 Å². The van der Waals surface area contributed by atoms with Crippen molar-refractivity contribution in [3.05, 3.63) is 34.2 Å². The van der Waals surface area contributed by atoms with Crippen LogP contribution in [0.1, 0.15) is 60.1 Å². The van der Waals surface area contributed by atoms with Crippen molar-refractivity contribution >= 4 is 16.9 Å². The number of hydrogen-bond donors (Lipinski definition) is 2. The maximum absolute atomic E-state index is 13.3. The van der Waals surface area contributed by atoms with Gasteiger partial charge in [0.05, 0.1) is 24.2 Å². The van der Waals surface area contributed by atoms with Crippen molar-refractivity contribution in [1.29, 1.82) is 0 Å². The van der Waals surface area contributed by atoms with E-state index in [-0.39, 0.29) is 23.8 Å². The molecular formula is C23H34N2O5. The number of carboxylic acid groups (broad SMARTS) is 1. The molecule has 1 aromatic carbocycles. The van der Waals surface area contributed by atoms with E-state index >= 15 is 0 Å². The Bertz CT molecular complexity index is 957. The van der Waals surface area contributed by atoms with Crippen LogP contribution in [-0.4, -0.2) is 37.9 Å². The smallest absolute Gasteiger partial charge is 0.408 e. The van der Waals surface area contributed by atoms with Crippen molar-refractivity contribution < 1.29 is 19.7 Å². The van der Waals surface area contributed by atoms with E-state index < -0.39 is 11.6 Å². The number of aromatic hydroxyl groups is 1. The van der Waals surface area contributed by atoms with Gasteiger partial charge < -0.3 is 19.5 Å². The molecule has 2 rings (SSSR count). The van der Waals surface area contributed by atoms with E-state index in [0.29, 0.717) is 35.4 Å². The zero-order chi connectivity index (χ0) is 22.6. The van der Waals surface area contributed by atoms with Crippen molar-refractivity contribution in [3.63, 3.8) is 0 Å². The highest BCUT2D eigenvalue weighted by molar-refractivity contribution is 5.89. The first-order valence-corrected chi connectivity index (χ1v) is 10.5. The van der Waals surface area contributed by atoms with E-state index in [4.69, 9.17) is 4.74 Å². The number of aromatic nitrogens is 1. The maximum atomic E-state index is 13.3. The van der Waals surface area contributed by atoms with Crippen LogP contribution >= 0.6 is 0 Å². The van der Waals surface area contributed by atoms with Gasteiger partial charge in [-0.05, 0) is 51.3 Å². The zero-order valence-corrected chi connectivity index (χ0v) is 18.9. The first kappa shape index (κ1) is 23.6. The fourth-order valence-corrected chi connectivity index (χ4v) is 3.39. The number of pyridine rings is 1. The minimum atomic E-state index is -1.07. The molecule has 2 aromatic rings. The van der Waals surface area contributed by atoms with Crippen LogP contribution in [0.2, 0.25) is 0 Å². The monoisotopic (exact) mass is 418 g/mol. The molecule has 0 spiro atoms. The van der Waals surface area contributed by atoms with Crippen LogP contribution in [0, 0.1) is 5.92 Å². The van der Waals surface area contributed by atoms with Crippen molar-refractivity contribution in [2.75, 3.05) is 6.61 Å². The number of carbonyl (C=O) groups is 1. The van der Waals surface area contributed by atoms with Crippen molar-refractivity contribution in [1.82, 2.24) is 9.47 Å². The number of unbranched alkanes of at least 4 members (excludes halogenated alkanes) is 1. The topological polar surface area (TPSA) is 92.0 Å². The molecular weight excluding hydrogens is 384 g/mol. The lowest BCUT2D eigenvalue weighted by Gasteiger charge is -2.34. The molecule has 0 fully saturated rings. The fourth-order valence-electron chi connectivity index (χ4n) is 3.39. The molecule has 0 unspecified atom stereocenters. The normalized spacial score (nSPS) is 11.8. The van der Waals surface area contributed by atoms with Crippen LogP contribution in [0.15, 0.2) is 23.0 Å². The Balaban J connectivity index is 2.83. The highest BCUT2D eigenvalue weighted by atomic mass is 16.5. The fraction of sp³-hybridized carbons (Fsp3) is 0.565. The second kappa shape index (κ2) is 9.41. The first-order chi connectivity index (χ1) is 14.0. The minimum Gasteiger partial charge on any atom is -0.508 e. The minimum absolute atomic E-state index is 0.00779. The summed E-state index contributed by atoms with van der Waals surface area (Å²) in [6.07, 6.45) is 0.694. The number of phenols is 1. The number of benzene rings is 1. The molecule has 0 saturated carbocycles. The van der Waals surface area contributed by atoms with E-state index in [0.717, 1.165) is 12.8 Å². The Hall–Kier alpha value is -2.70. The summed E-state index contributed by atoms with van der Waals surface area (Å²) in [4.78, 5) is 26.7. The number of nitrogens with zero attached hydrogens (tertiary/aromatic N) is 2. The summed E-state index contributed by atoms with van der Waals surface area (Å²) in [6, 6.07) is 4.60. The predicted octanol–water partition coefficient (Wildman–Crippen LogP) is 4.82. The van der Waals surface area contributed by atoms with Gasteiger partial charge in [0.25, 0.3) is 5.56 Å². The Labute approximate surface area is 177 Å². The van der Waals surface area contributed by atoms with E-state index in [1.165, 1.54) is 17.0 Å². The molecule has 166 valence electrons. The quantitative estimate of drug-likeness (QED) is 0.600. The van der Waals surface area contributed by atoms with Gasteiger partial charge in [-0.15, -0.1) is 0 Å². The Kier molecular flexibility index (Phi) is 7.39. The van der Waals surface area contributed by atoms with Gasteiger partial charge in [0.1, 0.15) is 11.5 Å². The second-order valence-electron chi connectivity index (χ2n) is 9.06. The highest BCUT2D eigenvalue weighted by Crippen LogP contribution is 2.33. The lowest BCUT2D eigenvalue weighted by molar-refractivity contribution is 0.0927. The summed E-state index contributed by atoms with van der Waals surface area (Å²) < 4.78 is 7.76. The molecule has 1 aromatic heterocycles. The van der Waals surface area contributed by atoms with Crippen molar-refractivity contribution in [2.24, 2.45) is 5.92 Å². The van der Waals surface area contributed by atoms with Gasteiger partial charge in [0, 0.05) is 17.5 Å². The summed E-state index contributed by atoms with van der Waals surface area (Å²) in [5.41, 5.74) is -0.366. The summed E-state index contributed by atoms with van der Waals surface area (Å²) in [7, 11) is 0. The molecule has 0 saturated heterocycles. The summed E-state index contributed by atoms with van der Waals surface area (Å²) >= 11 is 0. The number of ether oxygens (including phenoxy) is 1. The number of hydrogen-bond acceptors (Lipinski definition) is 4. The van der Waals surface area contributed by atoms with E-state index in [1.807, 2.05) is 34.6 Å². The Morgan fingerprint density at radius 1 is 1.23 bits per heavy atom. The van der Waals surface area contributed by atoms with Crippen LogP contribution < -0.4 is 10.3 Å². The molecule has 7 nitrogen and oxygen atoms in total. The molecule has 1 amide bonds. The van der Waals surface area contributed by atoms with E-state index in [2.05, 4.69) is 6.92 Å². The van der Waals surface area contributed by atoms with Crippen LogP contribution in [0.3, 0.4) is 0 Å². The third-order valence-corrected chi connectivity index (χ3v) is 4.95. The van der Waals surface area contributed by atoms with Gasteiger partial charge in [-0.25, -0.2) is 4.79 Å².